The summed E-state index contributed by atoms with van der Waals surface area (Å²) in [5, 5.41) is 19.1. The Morgan fingerprint density at radius 1 is 1.09 bits per heavy atom. The number of nitrogens with zero attached hydrogens (tertiary/aromatic N) is 2. The summed E-state index contributed by atoms with van der Waals surface area (Å²) in [6.45, 7) is 2.14. The van der Waals surface area contributed by atoms with Crippen LogP contribution in [-0.4, -0.2) is 0 Å². The molecule has 3 rings (SSSR count). The van der Waals surface area contributed by atoms with Crippen LogP contribution in [0, 0.1) is 22.7 Å². The predicted molar refractivity (Wildman–Crippen MR) is 87.1 cm³/mol. The van der Waals surface area contributed by atoms with Crippen LogP contribution in [0.1, 0.15) is 47.9 Å². The average molecular weight is 287 g/mol. The summed E-state index contributed by atoms with van der Waals surface area (Å²) in [6.07, 6.45) is 3.03. The van der Waals surface area contributed by atoms with Gasteiger partial charge in [-0.1, -0.05) is 37.3 Å². The molecule has 0 heterocycles. The van der Waals surface area contributed by atoms with Crippen LogP contribution >= 0.6 is 0 Å². The second-order valence-corrected chi connectivity index (χ2v) is 5.81. The molecule has 108 valence electrons. The zero-order valence-corrected chi connectivity index (χ0v) is 12.6. The summed E-state index contributed by atoms with van der Waals surface area (Å²) in [5.74, 6) is 0.302. The van der Waals surface area contributed by atoms with Crippen LogP contribution in [-0.2, 0) is 6.42 Å². The Morgan fingerprint density at radius 2 is 1.77 bits per heavy atom. The number of rotatable bonds is 1. The molecule has 1 aliphatic rings. The van der Waals surface area contributed by atoms with Crippen molar-refractivity contribution < 1.29 is 0 Å². The summed E-state index contributed by atoms with van der Waals surface area (Å²) in [5.41, 5.74) is 11.5. The highest BCUT2D eigenvalue weighted by Crippen LogP contribution is 2.44. The minimum absolute atomic E-state index is 0.302. The molecule has 0 saturated carbocycles. The molecule has 2 N–H and O–H groups in total. The number of hydrogen-bond donors (Lipinski definition) is 1. The first-order valence-corrected chi connectivity index (χ1v) is 7.52. The second-order valence-electron chi connectivity index (χ2n) is 5.81. The van der Waals surface area contributed by atoms with Gasteiger partial charge in [0.1, 0.15) is 12.1 Å². The Hall–Kier alpha value is -2.78. The zero-order chi connectivity index (χ0) is 15.7. The highest BCUT2D eigenvalue weighted by molar-refractivity contribution is 5.85. The van der Waals surface area contributed by atoms with Gasteiger partial charge in [-0.15, -0.1) is 0 Å². The summed E-state index contributed by atoms with van der Waals surface area (Å²) in [7, 11) is 0. The van der Waals surface area contributed by atoms with Crippen LogP contribution in [0.15, 0.2) is 30.3 Å². The molecule has 0 radical (unpaired) electrons. The Labute approximate surface area is 130 Å². The smallest absolute Gasteiger partial charge is 0.102 e. The lowest BCUT2D eigenvalue weighted by molar-refractivity contribution is 0.590. The topological polar surface area (TPSA) is 73.6 Å². The first-order chi connectivity index (χ1) is 10.7. The third-order valence-corrected chi connectivity index (χ3v) is 4.53. The van der Waals surface area contributed by atoms with Crippen molar-refractivity contribution in [2.45, 2.75) is 32.1 Å². The minimum Gasteiger partial charge on any atom is -0.397 e. The van der Waals surface area contributed by atoms with Crippen LogP contribution in [0.2, 0.25) is 0 Å². The van der Waals surface area contributed by atoms with Crippen molar-refractivity contribution in [3.63, 3.8) is 0 Å². The van der Waals surface area contributed by atoms with Crippen molar-refractivity contribution in [1.29, 1.82) is 10.5 Å². The molecule has 1 aliphatic carbocycles. The number of fused-ring (bicyclic) bond motifs is 1. The van der Waals surface area contributed by atoms with Gasteiger partial charge in [-0.3, -0.25) is 0 Å². The van der Waals surface area contributed by atoms with Gasteiger partial charge in [0, 0.05) is 5.56 Å². The van der Waals surface area contributed by atoms with E-state index in [9.17, 15) is 10.5 Å². The SMILES string of the molecule is CC1CCCc2c(-c3ccccc3)c(C#N)c(N)c(C#N)c21. The summed E-state index contributed by atoms with van der Waals surface area (Å²) in [6, 6.07) is 14.3. The molecule has 22 heavy (non-hydrogen) atoms. The minimum atomic E-state index is 0.302. The van der Waals surface area contributed by atoms with Crippen LogP contribution in [0.3, 0.4) is 0 Å². The number of nitriles is 2. The normalized spacial score (nSPS) is 16.4. The fourth-order valence-electron chi connectivity index (χ4n) is 3.53. The van der Waals surface area contributed by atoms with E-state index in [1.807, 2.05) is 30.3 Å². The Kier molecular flexibility index (Phi) is 3.57. The maximum atomic E-state index is 9.61. The average Bonchev–Trinajstić information content (AvgIpc) is 2.55. The molecule has 0 aromatic heterocycles. The molecule has 2 aromatic rings. The van der Waals surface area contributed by atoms with Crippen molar-refractivity contribution in [2.75, 3.05) is 5.73 Å². The fraction of sp³-hybridized carbons (Fsp3) is 0.263. The number of benzene rings is 2. The summed E-state index contributed by atoms with van der Waals surface area (Å²) < 4.78 is 0. The van der Waals surface area contributed by atoms with Gasteiger partial charge in [-0.2, -0.15) is 10.5 Å². The maximum Gasteiger partial charge on any atom is 0.102 e. The third-order valence-electron chi connectivity index (χ3n) is 4.53. The van der Waals surface area contributed by atoms with Crippen molar-refractivity contribution in [2.24, 2.45) is 0 Å². The van der Waals surface area contributed by atoms with Crippen LogP contribution in [0.25, 0.3) is 11.1 Å². The number of nitrogens with two attached hydrogens (primary N) is 1. The standard InChI is InChI=1S/C19H17N3/c1-12-6-5-9-14-17(12)15(10-20)19(22)16(11-21)18(14)13-7-3-2-4-8-13/h2-4,7-8,12H,5-6,9,22H2,1H3. The van der Waals surface area contributed by atoms with Gasteiger partial charge >= 0.3 is 0 Å². The Balaban J connectivity index is 2.45. The van der Waals surface area contributed by atoms with E-state index in [-0.39, 0.29) is 0 Å². The van der Waals surface area contributed by atoms with Gasteiger partial charge in [0.25, 0.3) is 0 Å². The first-order valence-electron chi connectivity index (χ1n) is 7.52. The van der Waals surface area contributed by atoms with E-state index < -0.39 is 0 Å². The van der Waals surface area contributed by atoms with E-state index in [2.05, 4.69) is 19.1 Å². The Bertz CT molecular complexity index is 808. The van der Waals surface area contributed by atoms with Gasteiger partial charge in [-0.25, -0.2) is 0 Å². The van der Waals surface area contributed by atoms with E-state index in [0.717, 1.165) is 41.5 Å². The van der Waals surface area contributed by atoms with Crippen molar-refractivity contribution >= 4 is 5.69 Å². The number of anilines is 1. The molecule has 1 unspecified atom stereocenters. The van der Waals surface area contributed by atoms with E-state index in [1.165, 1.54) is 0 Å². The molecule has 0 fully saturated rings. The van der Waals surface area contributed by atoms with Crippen molar-refractivity contribution in [1.82, 2.24) is 0 Å². The molecule has 3 heteroatoms. The molecule has 0 saturated heterocycles. The van der Waals surface area contributed by atoms with Gasteiger partial charge in [0.05, 0.1) is 16.8 Å². The monoisotopic (exact) mass is 287 g/mol. The molecular weight excluding hydrogens is 270 g/mol. The number of nitrogen functional groups attached to an aromatic ring is 1. The molecule has 3 nitrogen and oxygen atoms in total. The van der Waals surface area contributed by atoms with Gasteiger partial charge in [0.2, 0.25) is 0 Å². The first kappa shape index (κ1) is 14.2. The highest BCUT2D eigenvalue weighted by atomic mass is 14.6. The fourth-order valence-corrected chi connectivity index (χ4v) is 3.53. The molecule has 1 atom stereocenters. The molecular formula is C19H17N3. The Morgan fingerprint density at radius 3 is 2.41 bits per heavy atom. The van der Waals surface area contributed by atoms with Crippen LogP contribution in [0.4, 0.5) is 5.69 Å². The predicted octanol–water partition coefficient (Wildman–Crippen LogP) is 4.12. The van der Waals surface area contributed by atoms with Crippen molar-refractivity contribution in [3.05, 3.63) is 52.6 Å². The van der Waals surface area contributed by atoms with Crippen LogP contribution in [0.5, 0.6) is 0 Å². The lowest BCUT2D eigenvalue weighted by atomic mass is 9.75. The largest absolute Gasteiger partial charge is 0.397 e. The molecule has 0 bridgehead atoms. The van der Waals surface area contributed by atoms with E-state index in [4.69, 9.17) is 5.73 Å². The van der Waals surface area contributed by atoms with E-state index in [0.29, 0.717) is 22.7 Å². The highest BCUT2D eigenvalue weighted by Gasteiger charge is 2.28. The number of hydrogen-bond acceptors (Lipinski definition) is 3. The molecule has 2 aromatic carbocycles. The van der Waals surface area contributed by atoms with Crippen LogP contribution < -0.4 is 5.73 Å². The zero-order valence-electron chi connectivity index (χ0n) is 12.6. The maximum absolute atomic E-state index is 9.61. The van der Waals surface area contributed by atoms with Gasteiger partial charge in [-0.05, 0) is 41.9 Å². The van der Waals surface area contributed by atoms with E-state index in [1.54, 1.807) is 0 Å². The van der Waals surface area contributed by atoms with Gasteiger partial charge in [0.15, 0.2) is 0 Å². The molecule has 0 aliphatic heterocycles. The van der Waals surface area contributed by atoms with Gasteiger partial charge < -0.3 is 5.73 Å². The van der Waals surface area contributed by atoms with E-state index >= 15 is 0 Å². The molecule has 0 amide bonds. The quantitative estimate of drug-likeness (QED) is 0.802. The van der Waals surface area contributed by atoms with Crippen molar-refractivity contribution in [3.8, 4) is 23.3 Å². The summed E-state index contributed by atoms with van der Waals surface area (Å²) >= 11 is 0. The summed E-state index contributed by atoms with van der Waals surface area (Å²) in [4.78, 5) is 0. The molecule has 0 spiro atoms. The second kappa shape index (κ2) is 5.54. The lowest BCUT2D eigenvalue weighted by Gasteiger charge is -2.28. The lowest BCUT2D eigenvalue weighted by Crippen LogP contribution is -2.14. The third kappa shape index (κ3) is 2.03.